The molecule has 2 aliphatic rings. The topological polar surface area (TPSA) is 63.6 Å². The van der Waals surface area contributed by atoms with Crippen LogP contribution in [0.2, 0.25) is 0 Å². The maximum atomic E-state index is 11.4. The molecule has 0 bridgehead atoms. The molecule has 0 unspecified atom stereocenters. The Balaban J connectivity index is 2.32. The normalized spacial score (nSPS) is 43.3. The zero-order chi connectivity index (χ0) is 16.1. The average molecular weight is 318 g/mol. The second kappa shape index (κ2) is 5.20. The van der Waals surface area contributed by atoms with Crippen molar-refractivity contribution in [2.75, 3.05) is 12.9 Å². The first kappa shape index (κ1) is 17.2. The summed E-state index contributed by atoms with van der Waals surface area (Å²) < 4.78 is 27.8. The van der Waals surface area contributed by atoms with Gasteiger partial charge in [0.2, 0.25) is 0 Å². The Morgan fingerprint density at radius 2 is 1.76 bits per heavy atom. The molecule has 5 heteroatoms. The van der Waals surface area contributed by atoms with Gasteiger partial charge in [0.05, 0.1) is 18.5 Å². The summed E-state index contributed by atoms with van der Waals surface area (Å²) in [6.07, 6.45) is 6.17. The van der Waals surface area contributed by atoms with Gasteiger partial charge >= 0.3 is 0 Å². The summed E-state index contributed by atoms with van der Waals surface area (Å²) >= 11 is 0. The van der Waals surface area contributed by atoms with Crippen LogP contribution >= 0.6 is 0 Å². The lowest BCUT2D eigenvalue weighted by molar-refractivity contribution is -0.175. The van der Waals surface area contributed by atoms with Crippen LogP contribution in [0.25, 0.3) is 0 Å². The van der Waals surface area contributed by atoms with Crippen molar-refractivity contribution >= 4 is 10.1 Å². The van der Waals surface area contributed by atoms with E-state index in [1.54, 1.807) is 0 Å². The minimum Gasteiger partial charge on any atom is -0.390 e. The maximum Gasteiger partial charge on any atom is 0.264 e. The fourth-order valence-electron chi connectivity index (χ4n) is 5.19. The Kier molecular flexibility index (Phi) is 4.27. The number of fused-ring (bicyclic) bond motifs is 1. The third-order valence-electron chi connectivity index (χ3n) is 6.21. The van der Waals surface area contributed by atoms with Crippen molar-refractivity contribution in [1.82, 2.24) is 0 Å². The molecule has 0 saturated heterocycles. The van der Waals surface area contributed by atoms with E-state index in [-0.39, 0.29) is 23.4 Å². The van der Waals surface area contributed by atoms with E-state index in [0.717, 1.165) is 25.5 Å². The molecule has 0 aromatic heterocycles. The van der Waals surface area contributed by atoms with Gasteiger partial charge in [-0.25, -0.2) is 0 Å². The third-order valence-corrected chi connectivity index (χ3v) is 6.77. The number of hydrogen-bond donors (Lipinski definition) is 1. The van der Waals surface area contributed by atoms with Crippen LogP contribution in [0.15, 0.2) is 0 Å². The average Bonchev–Trinajstić information content (AvgIpc) is 2.23. The molecule has 21 heavy (non-hydrogen) atoms. The van der Waals surface area contributed by atoms with Crippen molar-refractivity contribution in [3.63, 3.8) is 0 Å². The van der Waals surface area contributed by atoms with Crippen molar-refractivity contribution in [2.45, 2.75) is 65.4 Å². The molecule has 0 radical (unpaired) electrons. The molecule has 2 aliphatic carbocycles. The molecule has 1 N–H and O–H groups in total. The van der Waals surface area contributed by atoms with Gasteiger partial charge in [0.15, 0.2) is 0 Å². The summed E-state index contributed by atoms with van der Waals surface area (Å²) in [5.74, 6) is 0.366. The van der Waals surface area contributed by atoms with E-state index in [1.165, 1.54) is 6.42 Å². The van der Waals surface area contributed by atoms with E-state index in [0.29, 0.717) is 12.3 Å². The van der Waals surface area contributed by atoms with Crippen LogP contribution < -0.4 is 0 Å². The standard InChI is InChI=1S/C16H30O4S/c1-14(2)8-6-9-15(3)12(14)7-10-16(4,17)13(15)11-20-21(5,18)19/h12-13,17H,6-11H2,1-5H3/t12-,13+,15+,16+/m0/s1. The van der Waals surface area contributed by atoms with Crippen LogP contribution in [0, 0.1) is 22.7 Å². The molecule has 0 aromatic carbocycles. The van der Waals surface area contributed by atoms with Crippen LogP contribution in [0.5, 0.6) is 0 Å². The lowest BCUT2D eigenvalue weighted by Gasteiger charge is -2.60. The van der Waals surface area contributed by atoms with Gasteiger partial charge in [-0.2, -0.15) is 8.42 Å². The van der Waals surface area contributed by atoms with Crippen LogP contribution in [-0.4, -0.2) is 32.0 Å². The molecule has 2 fully saturated rings. The van der Waals surface area contributed by atoms with Crippen molar-refractivity contribution < 1.29 is 17.7 Å². The lowest BCUT2D eigenvalue weighted by Crippen LogP contribution is -2.59. The zero-order valence-corrected chi connectivity index (χ0v) is 14.8. The van der Waals surface area contributed by atoms with E-state index in [4.69, 9.17) is 4.18 Å². The lowest BCUT2D eigenvalue weighted by atomic mass is 9.46. The van der Waals surface area contributed by atoms with Gasteiger partial charge in [-0.05, 0) is 49.4 Å². The van der Waals surface area contributed by atoms with E-state index < -0.39 is 15.7 Å². The fourth-order valence-corrected chi connectivity index (χ4v) is 5.57. The summed E-state index contributed by atoms with van der Waals surface area (Å²) in [5, 5.41) is 10.8. The van der Waals surface area contributed by atoms with E-state index in [9.17, 15) is 13.5 Å². The molecule has 4 nitrogen and oxygen atoms in total. The summed E-state index contributed by atoms with van der Waals surface area (Å²) in [5.41, 5.74) is -0.676. The first-order valence-corrected chi connectivity index (χ1v) is 9.77. The Hall–Kier alpha value is -0.130. The van der Waals surface area contributed by atoms with Gasteiger partial charge < -0.3 is 5.11 Å². The highest BCUT2D eigenvalue weighted by atomic mass is 32.2. The van der Waals surface area contributed by atoms with E-state index in [1.807, 2.05) is 6.92 Å². The van der Waals surface area contributed by atoms with Crippen molar-refractivity contribution in [2.24, 2.45) is 22.7 Å². The summed E-state index contributed by atoms with van der Waals surface area (Å²) in [6.45, 7) is 8.77. The van der Waals surface area contributed by atoms with Gasteiger partial charge in [0.25, 0.3) is 10.1 Å². The molecule has 2 saturated carbocycles. The molecule has 0 heterocycles. The highest BCUT2D eigenvalue weighted by Gasteiger charge is 2.58. The molecule has 0 amide bonds. The van der Waals surface area contributed by atoms with Crippen molar-refractivity contribution in [3.05, 3.63) is 0 Å². The number of aliphatic hydroxyl groups is 1. The molecule has 0 aliphatic heterocycles. The van der Waals surface area contributed by atoms with Gasteiger partial charge in [-0.15, -0.1) is 0 Å². The van der Waals surface area contributed by atoms with Crippen LogP contribution in [-0.2, 0) is 14.3 Å². The highest BCUT2D eigenvalue weighted by molar-refractivity contribution is 7.85. The van der Waals surface area contributed by atoms with E-state index in [2.05, 4.69) is 20.8 Å². The molecular weight excluding hydrogens is 288 g/mol. The largest absolute Gasteiger partial charge is 0.390 e. The first-order chi connectivity index (χ1) is 9.39. The second-order valence-corrected chi connectivity index (χ2v) is 9.98. The monoisotopic (exact) mass is 318 g/mol. The van der Waals surface area contributed by atoms with Gasteiger partial charge in [-0.3, -0.25) is 4.18 Å². The number of hydrogen-bond acceptors (Lipinski definition) is 4. The Bertz CT molecular complexity index is 494. The third kappa shape index (κ3) is 3.30. The fraction of sp³-hybridized carbons (Fsp3) is 1.00. The Labute approximate surface area is 129 Å². The molecular formula is C16H30O4S. The highest BCUT2D eigenvalue weighted by Crippen LogP contribution is 2.61. The molecule has 2 rings (SSSR count). The van der Waals surface area contributed by atoms with Crippen molar-refractivity contribution in [3.8, 4) is 0 Å². The second-order valence-electron chi connectivity index (χ2n) is 8.34. The minimum absolute atomic E-state index is 0.0613. The molecule has 0 aromatic rings. The quantitative estimate of drug-likeness (QED) is 0.813. The van der Waals surface area contributed by atoms with Gasteiger partial charge in [0.1, 0.15) is 0 Å². The SMILES string of the molecule is CC1(C)CCC[C@@]2(C)[C@@H](COS(C)(=O)=O)[C@](C)(O)CC[C@@H]12. The first-order valence-electron chi connectivity index (χ1n) is 7.95. The minimum atomic E-state index is -3.48. The Morgan fingerprint density at radius 1 is 1.14 bits per heavy atom. The predicted octanol–water partition coefficient (Wildman–Crippen LogP) is 2.96. The smallest absolute Gasteiger partial charge is 0.264 e. The van der Waals surface area contributed by atoms with Crippen LogP contribution in [0.4, 0.5) is 0 Å². The molecule has 0 spiro atoms. The summed E-state index contributed by atoms with van der Waals surface area (Å²) in [4.78, 5) is 0. The van der Waals surface area contributed by atoms with Crippen LogP contribution in [0.1, 0.15) is 59.8 Å². The molecule has 4 atom stereocenters. The molecule has 124 valence electrons. The summed E-state index contributed by atoms with van der Waals surface area (Å²) in [6, 6.07) is 0. The summed E-state index contributed by atoms with van der Waals surface area (Å²) in [7, 11) is -3.48. The van der Waals surface area contributed by atoms with E-state index >= 15 is 0 Å². The van der Waals surface area contributed by atoms with Gasteiger partial charge in [0, 0.05) is 5.92 Å². The maximum absolute atomic E-state index is 11.4. The zero-order valence-electron chi connectivity index (χ0n) is 14.0. The predicted molar refractivity (Wildman–Crippen MR) is 83.4 cm³/mol. The van der Waals surface area contributed by atoms with Crippen LogP contribution in [0.3, 0.4) is 0 Å². The van der Waals surface area contributed by atoms with Gasteiger partial charge in [-0.1, -0.05) is 27.2 Å². The van der Waals surface area contributed by atoms with Crippen molar-refractivity contribution in [1.29, 1.82) is 0 Å². The Morgan fingerprint density at radius 3 is 2.33 bits per heavy atom. The number of rotatable bonds is 3.